The van der Waals surface area contributed by atoms with E-state index in [1.807, 2.05) is 0 Å². The molecule has 36 heavy (non-hydrogen) atoms. The van der Waals surface area contributed by atoms with Crippen molar-refractivity contribution < 1.29 is 36.2 Å². The van der Waals surface area contributed by atoms with Crippen LogP contribution in [0.2, 0.25) is 0 Å². The van der Waals surface area contributed by atoms with Gasteiger partial charge >= 0.3 is 12.1 Å². The number of alkyl halides is 3. The Labute approximate surface area is 202 Å². The van der Waals surface area contributed by atoms with Gasteiger partial charge in [-0.25, -0.2) is 9.18 Å². The van der Waals surface area contributed by atoms with E-state index in [1.54, 1.807) is 26.0 Å². The smallest absolute Gasteiger partial charge is 0.449 e. The van der Waals surface area contributed by atoms with Crippen LogP contribution in [0.15, 0.2) is 76.0 Å². The van der Waals surface area contributed by atoms with E-state index >= 15 is 0 Å². The van der Waals surface area contributed by atoms with Crippen molar-refractivity contribution in [1.29, 1.82) is 0 Å². The van der Waals surface area contributed by atoms with Gasteiger partial charge in [-0.15, -0.1) is 0 Å². The normalized spacial score (nSPS) is 11.7. The molecule has 5 nitrogen and oxygen atoms in total. The van der Waals surface area contributed by atoms with E-state index in [2.05, 4.69) is 0 Å². The minimum absolute atomic E-state index is 0.0886. The zero-order chi connectivity index (χ0) is 26.0. The van der Waals surface area contributed by atoms with Gasteiger partial charge in [0.1, 0.15) is 22.9 Å². The minimum atomic E-state index is -5.04. The summed E-state index contributed by atoms with van der Waals surface area (Å²) in [6, 6.07) is 13.7. The summed E-state index contributed by atoms with van der Waals surface area (Å²) in [5.41, 5.74) is 0.328. The molecule has 0 aliphatic heterocycles. The van der Waals surface area contributed by atoms with Gasteiger partial charge in [-0.1, -0.05) is 24.3 Å². The highest BCUT2D eigenvalue weighted by atomic mass is 19.4. The number of aryl methyl sites for hydroxylation is 2. The van der Waals surface area contributed by atoms with Gasteiger partial charge in [-0.2, -0.15) is 13.2 Å². The number of hydrogen-bond donors (Lipinski definition) is 0. The van der Waals surface area contributed by atoms with Crippen molar-refractivity contribution in [2.24, 2.45) is 0 Å². The Balaban J connectivity index is 1.68. The largest absolute Gasteiger partial charge is 0.453 e. The first kappa shape index (κ1) is 24.7. The maximum atomic E-state index is 13.8. The zero-order valence-electron chi connectivity index (χ0n) is 19.0. The Hall–Kier alpha value is -4.40. The number of rotatable bonds is 5. The summed E-state index contributed by atoms with van der Waals surface area (Å²) in [5, 5.41) is -0.190. The average molecular weight is 498 g/mol. The van der Waals surface area contributed by atoms with Crippen LogP contribution < -0.4 is 14.9 Å². The third-order valence-electron chi connectivity index (χ3n) is 5.14. The predicted molar refractivity (Wildman–Crippen MR) is 125 cm³/mol. The molecule has 1 aromatic heterocycles. The lowest BCUT2D eigenvalue weighted by molar-refractivity contribution is -0.154. The first-order chi connectivity index (χ1) is 17.0. The van der Waals surface area contributed by atoms with Gasteiger partial charge in [-0.3, -0.25) is 4.79 Å². The lowest BCUT2D eigenvalue weighted by atomic mass is 10.1. The Bertz CT molecular complexity index is 1530. The predicted octanol–water partition coefficient (Wildman–Crippen LogP) is 6.98. The fraction of sp³-hybridized carbons (Fsp3) is 0.111. The standard InChI is InChI=1S/C27H18F4O5/c1-15-3-4-16(2)21(13-15)35-25-24(33)20-11-10-19(14-22(20)36-26(25)27(29,30)31)34-23(32)12-7-17-5-8-18(28)9-6-17/h3-14H,1-2H3/b12-7+. The number of hydrogen-bond acceptors (Lipinski definition) is 5. The number of fused-ring (bicyclic) bond motifs is 1. The number of benzene rings is 3. The van der Waals surface area contributed by atoms with E-state index < -0.39 is 40.5 Å². The zero-order valence-corrected chi connectivity index (χ0v) is 19.0. The Morgan fingerprint density at radius 3 is 2.39 bits per heavy atom. The molecule has 4 aromatic rings. The van der Waals surface area contributed by atoms with Crippen molar-refractivity contribution in [3.05, 3.63) is 105 Å². The molecule has 0 amide bonds. The van der Waals surface area contributed by atoms with Gasteiger partial charge in [-0.05, 0) is 66.9 Å². The van der Waals surface area contributed by atoms with Crippen LogP contribution in [0, 0.1) is 19.7 Å². The van der Waals surface area contributed by atoms with E-state index in [9.17, 15) is 27.2 Å². The fourth-order valence-electron chi connectivity index (χ4n) is 3.31. The first-order valence-corrected chi connectivity index (χ1v) is 10.6. The molecule has 3 aromatic carbocycles. The SMILES string of the molecule is Cc1ccc(C)c(Oc2c(C(F)(F)F)oc3cc(OC(=O)/C=C/c4ccc(F)cc4)ccc3c2=O)c1. The molecule has 0 spiro atoms. The lowest BCUT2D eigenvalue weighted by Crippen LogP contribution is -2.16. The highest BCUT2D eigenvalue weighted by Gasteiger charge is 2.40. The lowest BCUT2D eigenvalue weighted by Gasteiger charge is -2.15. The second-order valence-corrected chi connectivity index (χ2v) is 7.92. The monoisotopic (exact) mass is 498 g/mol. The van der Waals surface area contributed by atoms with Gasteiger partial charge < -0.3 is 13.9 Å². The Morgan fingerprint density at radius 1 is 0.972 bits per heavy atom. The molecule has 0 bridgehead atoms. The van der Waals surface area contributed by atoms with Crippen molar-refractivity contribution in [3.8, 4) is 17.2 Å². The van der Waals surface area contributed by atoms with Crippen molar-refractivity contribution >= 4 is 23.0 Å². The molecule has 0 fully saturated rings. The molecule has 0 radical (unpaired) electrons. The van der Waals surface area contributed by atoms with Crippen molar-refractivity contribution in [1.82, 2.24) is 0 Å². The van der Waals surface area contributed by atoms with Crippen LogP contribution in [0.1, 0.15) is 22.5 Å². The van der Waals surface area contributed by atoms with E-state index in [1.165, 1.54) is 48.5 Å². The molecule has 9 heteroatoms. The molecule has 184 valence electrons. The molecule has 0 aliphatic rings. The average Bonchev–Trinajstić information content (AvgIpc) is 2.82. The number of halogens is 4. The molecule has 0 saturated carbocycles. The molecule has 0 saturated heterocycles. The summed E-state index contributed by atoms with van der Waals surface area (Å²) in [5.74, 6) is -3.93. The molecule has 0 aliphatic carbocycles. The Morgan fingerprint density at radius 2 is 1.69 bits per heavy atom. The minimum Gasteiger partial charge on any atom is -0.449 e. The number of carbonyl (C=O) groups is 1. The topological polar surface area (TPSA) is 65.7 Å². The van der Waals surface area contributed by atoms with Gasteiger partial charge in [0.15, 0.2) is 0 Å². The van der Waals surface area contributed by atoms with Crippen LogP contribution in [0.4, 0.5) is 17.6 Å². The van der Waals surface area contributed by atoms with Crippen molar-refractivity contribution in [3.63, 3.8) is 0 Å². The summed E-state index contributed by atoms with van der Waals surface area (Å²) in [4.78, 5) is 25.1. The molecular weight excluding hydrogens is 480 g/mol. The highest BCUT2D eigenvalue weighted by Crippen LogP contribution is 2.39. The second kappa shape index (κ2) is 9.69. The van der Waals surface area contributed by atoms with Gasteiger partial charge in [0, 0.05) is 12.1 Å². The van der Waals surface area contributed by atoms with Crippen LogP contribution in [0.25, 0.3) is 17.0 Å². The number of esters is 1. The van der Waals surface area contributed by atoms with Crippen LogP contribution in [-0.4, -0.2) is 5.97 Å². The third-order valence-corrected chi connectivity index (χ3v) is 5.14. The van der Waals surface area contributed by atoms with Gasteiger partial charge in [0.25, 0.3) is 5.76 Å². The summed E-state index contributed by atoms with van der Waals surface area (Å²) >= 11 is 0. The third kappa shape index (κ3) is 5.46. The molecular formula is C27H18F4O5. The van der Waals surface area contributed by atoms with E-state index in [4.69, 9.17) is 13.9 Å². The molecule has 0 atom stereocenters. The first-order valence-electron chi connectivity index (χ1n) is 10.6. The number of carbonyl (C=O) groups excluding carboxylic acids is 1. The molecule has 1 heterocycles. The van der Waals surface area contributed by atoms with Crippen LogP contribution in [0.3, 0.4) is 0 Å². The summed E-state index contributed by atoms with van der Waals surface area (Å²) in [6.07, 6.45) is -2.59. The number of ether oxygens (including phenoxy) is 2. The maximum absolute atomic E-state index is 13.8. The second-order valence-electron chi connectivity index (χ2n) is 7.92. The van der Waals surface area contributed by atoms with Gasteiger partial charge in [0.05, 0.1) is 5.39 Å². The van der Waals surface area contributed by atoms with Gasteiger partial charge in [0.2, 0.25) is 11.2 Å². The van der Waals surface area contributed by atoms with E-state index in [-0.39, 0.29) is 16.9 Å². The van der Waals surface area contributed by atoms with Crippen molar-refractivity contribution in [2.45, 2.75) is 20.0 Å². The van der Waals surface area contributed by atoms with E-state index in [0.717, 1.165) is 17.7 Å². The molecule has 4 rings (SSSR count). The summed E-state index contributed by atoms with van der Waals surface area (Å²) in [7, 11) is 0. The maximum Gasteiger partial charge on any atom is 0.453 e. The molecule has 0 N–H and O–H groups in total. The van der Waals surface area contributed by atoms with Crippen LogP contribution in [0.5, 0.6) is 17.2 Å². The molecule has 0 unspecified atom stereocenters. The summed E-state index contributed by atoms with van der Waals surface area (Å²) in [6.45, 7) is 3.37. The Kier molecular flexibility index (Phi) is 6.65. The van der Waals surface area contributed by atoms with Crippen LogP contribution >= 0.6 is 0 Å². The fourth-order valence-corrected chi connectivity index (χ4v) is 3.31. The summed E-state index contributed by atoms with van der Waals surface area (Å²) < 4.78 is 70.0. The quantitative estimate of drug-likeness (QED) is 0.129. The highest BCUT2D eigenvalue weighted by molar-refractivity contribution is 5.89. The van der Waals surface area contributed by atoms with Crippen LogP contribution in [-0.2, 0) is 11.0 Å². The van der Waals surface area contributed by atoms with E-state index in [0.29, 0.717) is 11.1 Å². The van der Waals surface area contributed by atoms with Crippen molar-refractivity contribution in [2.75, 3.05) is 0 Å².